The predicted octanol–water partition coefficient (Wildman–Crippen LogP) is 5.00. The summed E-state index contributed by atoms with van der Waals surface area (Å²) in [5.74, 6) is 0.0601. The first-order chi connectivity index (χ1) is 19.8. The van der Waals surface area contributed by atoms with Crippen LogP contribution in [0.5, 0.6) is 17.2 Å². The molecule has 3 aromatic heterocycles. The van der Waals surface area contributed by atoms with Crippen molar-refractivity contribution in [3.8, 4) is 34.4 Å². The van der Waals surface area contributed by atoms with Gasteiger partial charge in [-0.15, -0.1) is 22.7 Å². The number of carbonyl (C=O) groups is 2. The van der Waals surface area contributed by atoms with Gasteiger partial charge < -0.3 is 35.7 Å². The molecule has 1 aliphatic rings. The Morgan fingerprint density at radius 3 is 2.32 bits per heavy atom. The van der Waals surface area contributed by atoms with E-state index in [1.54, 1.807) is 12.1 Å². The van der Waals surface area contributed by atoms with Crippen LogP contribution in [0.15, 0.2) is 12.1 Å². The van der Waals surface area contributed by atoms with Crippen molar-refractivity contribution in [2.75, 3.05) is 45.2 Å². The highest BCUT2D eigenvalue weighted by atomic mass is 32.1. The van der Waals surface area contributed by atoms with Gasteiger partial charge in [0.1, 0.15) is 32.2 Å². The molecular weight excluding hydrogens is 566 g/mol. The van der Waals surface area contributed by atoms with Crippen LogP contribution < -0.4 is 31.0 Å². The van der Waals surface area contributed by atoms with Crippen LogP contribution in [0.1, 0.15) is 48.9 Å². The summed E-state index contributed by atoms with van der Waals surface area (Å²) in [7, 11) is 5.77. The summed E-state index contributed by atoms with van der Waals surface area (Å²) in [5, 5.41) is 13.7. The molecule has 41 heavy (non-hydrogen) atoms. The summed E-state index contributed by atoms with van der Waals surface area (Å²) in [6, 6.07) is 5.46. The highest BCUT2D eigenvalue weighted by Crippen LogP contribution is 2.47. The molecule has 0 atom stereocenters. The molecule has 4 aromatic rings. The summed E-state index contributed by atoms with van der Waals surface area (Å²) in [6.45, 7) is 0. The number of anilines is 3. The van der Waals surface area contributed by atoms with E-state index in [-0.39, 0.29) is 21.9 Å². The number of nitriles is 1. The zero-order valence-electron chi connectivity index (χ0n) is 22.8. The number of nitrogens with two attached hydrogens (primary N) is 2. The third kappa shape index (κ3) is 4.64. The number of esters is 1. The maximum atomic E-state index is 13.6. The van der Waals surface area contributed by atoms with Crippen LogP contribution >= 0.6 is 22.7 Å². The zero-order chi connectivity index (χ0) is 29.4. The van der Waals surface area contributed by atoms with Gasteiger partial charge in [0.15, 0.2) is 11.5 Å². The summed E-state index contributed by atoms with van der Waals surface area (Å²) in [4.78, 5) is 32.3. The first-order valence-corrected chi connectivity index (χ1v) is 14.2. The fourth-order valence-corrected chi connectivity index (χ4v) is 7.38. The lowest BCUT2D eigenvalue weighted by molar-refractivity contribution is 0.0601. The third-order valence-corrected chi connectivity index (χ3v) is 9.27. The summed E-state index contributed by atoms with van der Waals surface area (Å²) in [6.07, 6.45) is 3.56. The summed E-state index contributed by atoms with van der Waals surface area (Å²) >= 11 is 2.41. The standard InChI is InChI=1S/C28H27N5O6S2/c1-36-15-9-12(10-16(37-2)22(15)38-3)18-14(11-29)24(31)32-27-20(18)21(30)23(41-27)25(34)33-26-19(28(35)39-4)13-7-5-6-8-17(13)40-26/h9-10H,5-8,30H2,1-4H3,(H2,31,32)(H,33,34). The second kappa shape index (κ2) is 11.1. The molecule has 0 saturated carbocycles. The van der Waals surface area contributed by atoms with Gasteiger partial charge in [0.2, 0.25) is 5.75 Å². The van der Waals surface area contributed by atoms with Gasteiger partial charge in [-0.25, -0.2) is 9.78 Å². The molecule has 0 bridgehead atoms. The fraction of sp³-hybridized carbons (Fsp3) is 0.286. The van der Waals surface area contributed by atoms with E-state index in [4.69, 9.17) is 30.4 Å². The lowest BCUT2D eigenvalue weighted by atomic mass is 9.95. The largest absolute Gasteiger partial charge is 0.493 e. The second-order valence-electron chi connectivity index (χ2n) is 9.16. The lowest BCUT2D eigenvalue weighted by Gasteiger charge is -2.16. The molecule has 5 N–H and O–H groups in total. The van der Waals surface area contributed by atoms with Crippen LogP contribution in [-0.2, 0) is 17.6 Å². The van der Waals surface area contributed by atoms with Gasteiger partial charge in [-0.1, -0.05) is 0 Å². The van der Waals surface area contributed by atoms with Gasteiger partial charge in [0.25, 0.3) is 5.91 Å². The number of thiophene rings is 2. The van der Waals surface area contributed by atoms with Gasteiger partial charge >= 0.3 is 5.97 Å². The quantitative estimate of drug-likeness (QED) is 0.247. The van der Waals surface area contributed by atoms with E-state index in [1.807, 2.05) is 0 Å². The molecule has 1 aromatic carbocycles. The van der Waals surface area contributed by atoms with Crippen molar-refractivity contribution in [2.24, 2.45) is 0 Å². The molecule has 3 heterocycles. The first-order valence-electron chi connectivity index (χ1n) is 12.5. The first kappa shape index (κ1) is 28.0. The maximum absolute atomic E-state index is 13.6. The Bertz CT molecular complexity index is 1730. The molecule has 0 radical (unpaired) electrons. The smallest absolute Gasteiger partial charge is 0.341 e. The number of hydrogen-bond acceptors (Lipinski definition) is 12. The van der Waals surface area contributed by atoms with Crippen molar-refractivity contribution < 1.29 is 28.5 Å². The van der Waals surface area contributed by atoms with Gasteiger partial charge in [-0.05, 0) is 48.9 Å². The van der Waals surface area contributed by atoms with Crippen LogP contribution in [0.2, 0.25) is 0 Å². The van der Waals surface area contributed by atoms with Crippen LogP contribution in [0.4, 0.5) is 16.5 Å². The topological polar surface area (TPSA) is 172 Å². The van der Waals surface area contributed by atoms with Gasteiger partial charge in [0, 0.05) is 15.8 Å². The number of amides is 1. The summed E-state index contributed by atoms with van der Waals surface area (Å²) < 4.78 is 21.5. The highest BCUT2D eigenvalue weighted by molar-refractivity contribution is 7.21. The minimum Gasteiger partial charge on any atom is -0.493 e. The minimum absolute atomic E-state index is 0.0177. The number of methoxy groups -OCH3 is 4. The number of nitrogen functional groups attached to an aromatic ring is 2. The molecule has 13 heteroatoms. The number of carbonyl (C=O) groups excluding carboxylic acids is 2. The van der Waals surface area contributed by atoms with Crippen molar-refractivity contribution in [1.82, 2.24) is 4.98 Å². The Balaban J connectivity index is 1.67. The normalized spacial score (nSPS) is 12.4. The minimum atomic E-state index is -0.512. The highest BCUT2D eigenvalue weighted by Gasteiger charge is 2.30. The molecule has 1 amide bonds. The third-order valence-electron chi connectivity index (χ3n) is 6.96. The molecule has 0 fully saturated rings. The van der Waals surface area contributed by atoms with E-state index in [2.05, 4.69) is 16.4 Å². The van der Waals surface area contributed by atoms with E-state index in [9.17, 15) is 14.9 Å². The van der Waals surface area contributed by atoms with E-state index in [1.165, 1.54) is 39.8 Å². The average molecular weight is 594 g/mol. The Hall–Kier alpha value is -4.54. The van der Waals surface area contributed by atoms with Crippen LogP contribution in [-0.4, -0.2) is 45.3 Å². The molecule has 5 rings (SSSR count). The Morgan fingerprint density at radius 1 is 1.02 bits per heavy atom. The molecule has 0 unspecified atom stereocenters. The lowest BCUT2D eigenvalue weighted by Crippen LogP contribution is -2.15. The number of benzene rings is 1. The Morgan fingerprint density at radius 2 is 1.71 bits per heavy atom. The van der Waals surface area contributed by atoms with Crippen LogP contribution in [0.3, 0.4) is 0 Å². The average Bonchev–Trinajstić information content (AvgIpc) is 3.51. The molecule has 1 aliphatic carbocycles. The van der Waals surface area contributed by atoms with Crippen LogP contribution in [0.25, 0.3) is 21.3 Å². The number of nitrogens with one attached hydrogen (secondary N) is 1. The van der Waals surface area contributed by atoms with Crippen LogP contribution in [0, 0.1) is 11.3 Å². The molecule has 0 saturated heterocycles. The molecule has 212 valence electrons. The number of rotatable bonds is 7. The van der Waals surface area contributed by atoms with E-state index in [0.717, 1.165) is 47.5 Å². The number of hydrogen-bond donors (Lipinski definition) is 3. The van der Waals surface area contributed by atoms with Crippen molar-refractivity contribution >= 4 is 61.3 Å². The van der Waals surface area contributed by atoms with Gasteiger partial charge in [-0.2, -0.15) is 5.26 Å². The van der Waals surface area contributed by atoms with Crippen molar-refractivity contribution in [3.05, 3.63) is 38.6 Å². The van der Waals surface area contributed by atoms with Crippen molar-refractivity contribution in [2.45, 2.75) is 25.7 Å². The number of aromatic nitrogens is 1. The predicted molar refractivity (Wildman–Crippen MR) is 159 cm³/mol. The van der Waals surface area contributed by atoms with Crippen molar-refractivity contribution in [3.63, 3.8) is 0 Å². The molecular formula is C28H27N5O6S2. The second-order valence-corrected chi connectivity index (χ2v) is 11.3. The SMILES string of the molecule is COC(=O)c1c(NC(=O)c2sc3nc(N)c(C#N)c(-c4cc(OC)c(OC)c(OC)c4)c3c2N)sc2c1CCCC2. The number of fused-ring (bicyclic) bond motifs is 2. The van der Waals surface area contributed by atoms with Gasteiger partial charge in [0.05, 0.1) is 39.7 Å². The van der Waals surface area contributed by atoms with E-state index < -0.39 is 11.9 Å². The number of pyridine rings is 1. The number of nitrogens with zero attached hydrogens (tertiary/aromatic N) is 2. The monoisotopic (exact) mass is 593 g/mol. The Labute approximate surface area is 243 Å². The fourth-order valence-electron chi connectivity index (χ4n) is 5.10. The van der Waals surface area contributed by atoms with E-state index in [0.29, 0.717) is 49.2 Å². The molecule has 11 nitrogen and oxygen atoms in total. The van der Waals surface area contributed by atoms with Gasteiger partial charge in [-0.3, -0.25) is 4.79 Å². The number of aryl methyl sites for hydroxylation is 1. The van der Waals surface area contributed by atoms with Crippen molar-refractivity contribution in [1.29, 1.82) is 5.26 Å². The molecule has 0 aliphatic heterocycles. The van der Waals surface area contributed by atoms with E-state index >= 15 is 0 Å². The number of ether oxygens (including phenoxy) is 4. The molecule has 0 spiro atoms. The zero-order valence-corrected chi connectivity index (χ0v) is 24.4. The maximum Gasteiger partial charge on any atom is 0.341 e. The Kier molecular flexibility index (Phi) is 7.61. The summed E-state index contributed by atoms with van der Waals surface area (Å²) in [5.41, 5.74) is 15.2.